The van der Waals surface area contributed by atoms with Crippen LogP contribution < -0.4 is 10.5 Å². The van der Waals surface area contributed by atoms with Crippen LogP contribution in [-0.2, 0) is 17.1 Å². The Morgan fingerprint density at radius 2 is 1.64 bits per heavy atom. The molecule has 4 aromatic carbocycles. The first-order valence-corrected chi connectivity index (χ1v) is 16.7. The molecule has 0 aliphatic carbocycles. The first-order chi connectivity index (χ1) is 21.9. The predicted octanol–water partition coefficient (Wildman–Crippen LogP) is 8.56. The molecule has 0 radical (unpaired) electrons. The standard InChI is InChI=1S/C36H31N5O2S2/c1-5-39-32-15-9-7-12-27(32)29-19-26(17-18-33(29)39)41-34(43)28-13-6-8-14-30(28)38-36(41)45-21-25-20-44-35(37-25)40(24(4)42)31-16-10-11-22(2)23(31)3/h6-20H,5,21H2,1-4H3. The van der Waals surface area contributed by atoms with Gasteiger partial charge in [0.1, 0.15) is 0 Å². The molecular weight excluding hydrogens is 599 g/mol. The van der Waals surface area contributed by atoms with Crippen molar-refractivity contribution in [2.75, 3.05) is 4.90 Å². The average Bonchev–Trinajstić information content (AvgIpc) is 3.64. The molecule has 45 heavy (non-hydrogen) atoms. The van der Waals surface area contributed by atoms with Crippen molar-refractivity contribution >= 4 is 72.5 Å². The third-order valence-electron chi connectivity index (χ3n) is 8.29. The van der Waals surface area contributed by atoms with E-state index >= 15 is 0 Å². The summed E-state index contributed by atoms with van der Waals surface area (Å²) in [6.45, 7) is 8.61. The van der Waals surface area contributed by atoms with E-state index in [1.165, 1.54) is 28.6 Å². The maximum atomic E-state index is 14.1. The molecule has 0 saturated carbocycles. The van der Waals surface area contributed by atoms with Crippen LogP contribution in [0.1, 0.15) is 30.7 Å². The average molecular weight is 630 g/mol. The minimum atomic E-state index is -0.113. The number of thioether (sulfide) groups is 1. The molecule has 0 atom stereocenters. The normalized spacial score (nSPS) is 11.6. The van der Waals surface area contributed by atoms with Gasteiger partial charge < -0.3 is 4.57 Å². The van der Waals surface area contributed by atoms with Gasteiger partial charge in [-0.2, -0.15) is 0 Å². The second kappa shape index (κ2) is 11.6. The number of amides is 1. The first-order valence-electron chi connectivity index (χ1n) is 14.8. The number of carbonyl (C=O) groups is 1. The van der Waals surface area contributed by atoms with Crippen LogP contribution in [0.25, 0.3) is 38.4 Å². The van der Waals surface area contributed by atoms with Crippen molar-refractivity contribution in [3.05, 3.63) is 117 Å². The van der Waals surface area contributed by atoms with Crippen molar-refractivity contribution in [3.8, 4) is 5.69 Å². The second-order valence-corrected chi connectivity index (χ2v) is 12.8. The van der Waals surface area contributed by atoms with E-state index in [9.17, 15) is 9.59 Å². The molecule has 0 aliphatic heterocycles. The van der Waals surface area contributed by atoms with Gasteiger partial charge in [-0.15, -0.1) is 11.3 Å². The van der Waals surface area contributed by atoms with E-state index < -0.39 is 0 Å². The summed E-state index contributed by atoms with van der Waals surface area (Å²) in [6, 6.07) is 28.0. The highest BCUT2D eigenvalue weighted by molar-refractivity contribution is 7.98. The van der Waals surface area contributed by atoms with Gasteiger partial charge in [-0.3, -0.25) is 19.1 Å². The Kier molecular flexibility index (Phi) is 7.51. The highest BCUT2D eigenvalue weighted by Crippen LogP contribution is 2.35. The van der Waals surface area contributed by atoms with E-state index in [1.807, 2.05) is 67.8 Å². The summed E-state index contributed by atoms with van der Waals surface area (Å²) in [7, 11) is 0. The fourth-order valence-corrected chi connectivity index (χ4v) is 7.84. The van der Waals surface area contributed by atoms with Gasteiger partial charge in [-0.05, 0) is 74.4 Å². The lowest BCUT2D eigenvalue weighted by atomic mass is 10.1. The van der Waals surface area contributed by atoms with Crippen molar-refractivity contribution in [1.29, 1.82) is 0 Å². The van der Waals surface area contributed by atoms with Gasteiger partial charge in [0.2, 0.25) is 5.91 Å². The lowest BCUT2D eigenvalue weighted by Gasteiger charge is -2.21. The molecule has 9 heteroatoms. The van der Waals surface area contributed by atoms with E-state index in [-0.39, 0.29) is 11.5 Å². The van der Waals surface area contributed by atoms with Crippen molar-refractivity contribution in [3.63, 3.8) is 0 Å². The summed E-state index contributed by atoms with van der Waals surface area (Å²) >= 11 is 2.90. The van der Waals surface area contributed by atoms with Crippen molar-refractivity contribution < 1.29 is 4.79 Å². The number of hydrogen-bond acceptors (Lipinski definition) is 6. The molecule has 1 amide bonds. The SMILES string of the molecule is CCn1c2ccccc2c2cc(-n3c(SCc4csc(N(C(C)=O)c5cccc(C)c5C)n4)nc4ccccc4c3=O)ccc21. The van der Waals surface area contributed by atoms with Crippen LogP contribution in [0.15, 0.2) is 100 Å². The first kappa shape index (κ1) is 29.0. The van der Waals surface area contributed by atoms with E-state index in [1.54, 1.807) is 16.4 Å². The van der Waals surface area contributed by atoms with E-state index in [0.717, 1.165) is 51.0 Å². The fraction of sp³-hybridized carbons (Fsp3) is 0.167. The Labute approximate surface area is 268 Å². The van der Waals surface area contributed by atoms with E-state index in [2.05, 4.69) is 47.9 Å². The van der Waals surface area contributed by atoms with Crippen LogP contribution in [-0.4, -0.2) is 25.0 Å². The van der Waals surface area contributed by atoms with Gasteiger partial charge in [0.15, 0.2) is 10.3 Å². The number of rotatable bonds is 7. The van der Waals surface area contributed by atoms with E-state index in [0.29, 0.717) is 26.9 Å². The molecular formula is C36H31N5O2S2. The Hall–Kier alpha value is -4.73. The molecule has 0 fully saturated rings. The minimum absolute atomic E-state index is 0.0953. The Balaban J connectivity index is 1.29. The van der Waals surface area contributed by atoms with Crippen LogP contribution in [0.5, 0.6) is 0 Å². The van der Waals surface area contributed by atoms with Gasteiger partial charge in [0.05, 0.1) is 28.0 Å². The number of para-hydroxylation sites is 2. The van der Waals surface area contributed by atoms with Crippen LogP contribution in [0, 0.1) is 13.8 Å². The summed E-state index contributed by atoms with van der Waals surface area (Å²) in [5.74, 6) is 0.388. The number of fused-ring (bicyclic) bond motifs is 4. The number of benzene rings is 4. The third-order valence-corrected chi connectivity index (χ3v) is 10.1. The summed E-state index contributed by atoms with van der Waals surface area (Å²) < 4.78 is 4.02. The number of nitrogens with zero attached hydrogens (tertiary/aromatic N) is 5. The second-order valence-electron chi connectivity index (χ2n) is 11.0. The predicted molar refractivity (Wildman–Crippen MR) is 186 cm³/mol. The maximum Gasteiger partial charge on any atom is 0.266 e. The smallest absolute Gasteiger partial charge is 0.266 e. The topological polar surface area (TPSA) is 73.0 Å². The molecule has 7 aromatic rings. The quantitative estimate of drug-likeness (QED) is 0.130. The molecule has 0 unspecified atom stereocenters. The highest BCUT2D eigenvalue weighted by atomic mass is 32.2. The number of hydrogen-bond donors (Lipinski definition) is 0. The van der Waals surface area contributed by atoms with Crippen LogP contribution in [0.3, 0.4) is 0 Å². The molecule has 0 saturated heterocycles. The maximum absolute atomic E-state index is 14.1. The molecule has 3 heterocycles. The number of aryl methyl sites for hydroxylation is 2. The van der Waals surface area contributed by atoms with Gasteiger partial charge in [-0.1, -0.05) is 54.2 Å². The number of thiazole rings is 1. The molecule has 0 spiro atoms. The monoisotopic (exact) mass is 629 g/mol. The summed E-state index contributed by atoms with van der Waals surface area (Å²) in [5, 5.41) is 6.00. The van der Waals surface area contributed by atoms with Crippen molar-refractivity contribution in [2.45, 2.75) is 45.1 Å². The number of aromatic nitrogens is 4. The Morgan fingerprint density at radius 3 is 2.44 bits per heavy atom. The van der Waals surface area contributed by atoms with Gasteiger partial charge in [-0.25, -0.2) is 9.97 Å². The third kappa shape index (κ3) is 5.02. The lowest BCUT2D eigenvalue weighted by molar-refractivity contribution is -0.115. The zero-order valence-corrected chi connectivity index (χ0v) is 27.1. The van der Waals surface area contributed by atoms with Crippen LogP contribution in [0.4, 0.5) is 10.8 Å². The number of carbonyl (C=O) groups excluding carboxylic acids is 1. The van der Waals surface area contributed by atoms with Gasteiger partial charge in [0, 0.05) is 46.4 Å². The van der Waals surface area contributed by atoms with Gasteiger partial charge >= 0.3 is 0 Å². The largest absolute Gasteiger partial charge is 0.341 e. The Bertz CT molecular complexity index is 2320. The molecule has 224 valence electrons. The Morgan fingerprint density at radius 1 is 0.889 bits per heavy atom. The van der Waals surface area contributed by atoms with Gasteiger partial charge in [0.25, 0.3) is 5.56 Å². The van der Waals surface area contributed by atoms with Crippen molar-refractivity contribution in [1.82, 2.24) is 19.1 Å². The molecule has 0 aliphatic rings. The van der Waals surface area contributed by atoms with Crippen LogP contribution in [0.2, 0.25) is 0 Å². The minimum Gasteiger partial charge on any atom is -0.341 e. The lowest BCUT2D eigenvalue weighted by Crippen LogP contribution is -2.23. The highest BCUT2D eigenvalue weighted by Gasteiger charge is 2.21. The molecule has 7 nitrogen and oxygen atoms in total. The summed E-state index contributed by atoms with van der Waals surface area (Å²) in [4.78, 5) is 38.3. The zero-order valence-electron chi connectivity index (χ0n) is 25.4. The van der Waals surface area contributed by atoms with Crippen LogP contribution >= 0.6 is 23.1 Å². The molecule has 0 N–H and O–H groups in total. The summed E-state index contributed by atoms with van der Waals surface area (Å²) in [6.07, 6.45) is 0. The number of anilines is 2. The summed E-state index contributed by atoms with van der Waals surface area (Å²) in [5.41, 5.74) is 7.42. The fourth-order valence-electron chi connectivity index (χ4n) is 5.95. The van der Waals surface area contributed by atoms with Crippen molar-refractivity contribution in [2.24, 2.45) is 0 Å². The van der Waals surface area contributed by atoms with E-state index in [4.69, 9.17) is 9.97 Å². The zero-order chi connectivity index (χ0) is 31.2. The molecule has 7 rings (SSSR count). The molecule has 3 aromatic heterocycles. The molecule has 0 bridgehead atoms.